The summed E-state index contributed by atoms with van der Waals surface area (Å²) in [5, 5.41) is 12.0. The van der Waals surface area contributed by atoms with Crippen LogP contribution in [-0.4, -0.2) is 28.2 Å². The molecular weight excluding hydrogens is 204 g/mol. The Hall–Kier alpha value is -1.75. The normalized spacial score (nSPS) is 12.9. The zero-order valence-electron chi connectivity index (χ0n) is 9.20. The fourth-order valence-electron chi connectivity index (χ4n) is 1.45. The van der Waals surface area contributed by atoms with Crippen molar-refractivity contribution < 1.29 is 5.11 Å². The standard InChI is InChI=1S/C11H16N4O/c1-7(6-16)5-13-11-14-9-3-2-8(12)4-10(9)15-11/h2-4,7,16H,5-6,12H2,1H3,(H2,13,14,15). The molecule has 5 nitrogen and oxygen atoms in total. The monoisotopic (exact) mass is 220 g/mol. The predicted octanol–water partition coefficient (Wildman–Crippen LogP) is 1.19. The lowest BCUT2D eigenvalue weighted by Gasteiger charge is -2.07. The van der Waals surface area contributed by atoms with Crippen LogP contribution < -0.4 is 11.1 Å². The maximum Gasteiger partial charge on any atom is 0.201 e. The highest BCUT2D eigenvalue weighted by Gasteiger charge is 2.04. The van der Waals surface area contributed by atoms with E-state index in [-0.39, 0.29) is 12.5 Å². The minimum absolute atomic E-state index is 0.167. The number of aromatic nitrogens is 2. The molecule has 0 aliphatic rings. The Morgan fingerprint density at radius 1 is 1.56 bits per heavy atom. The predicted molar refractivity (Wildman–Crippen MR) is 65.2 cm³/mol. The van der Waals surface area contributed by atoms with Crippen LogP contribution in [0.3, 0.4) is 0 Å². The number of H-pyrrole nitrogens is 1. The second-order valence-electron chi connectivity index (χ2n) is 4.03. The van der Waals surface area contributed by atoms with Crippen LogP contribution in [0.1, 0.15) is 6.92 Å². The third-order valence-corrected chi connectivity index (χ3v) is 2.44. The Bertz CT molecular complexity index is 480. The van der Waals surface area contributed by atoms with Crippen molar-refractivity contribution in [3.63, 3.8) is 0 Å². The molecule has 0 spiro atoms. The van der Waals surface area contributed by atoms with Gasteiger partial charge < -0.3 is 21.1 Å². The number of nitrogen functional groups attached to an aromatic ring is 1. The van der Waals surface area contributed by atoms with E-state index in [1.54, 1.807) is 0 Å². The van der Waals surface area contributed by atoms with Crippen molar-refractivity contribution in [1.82, 2.24) is 9.97 Å². The summed E-state index contributed by atoms with van der Waals surface area (Å²) in [6, 6.07) is 5.55. The zero-order valence-corrected chi connectivity index (χ0v) is 9.20. The van der Waals surface area contributed by atoms with Crippen LogP contribution in [0.25, 0.3) is 11.0 Å². The summed E-state index contributed by atoms with van der Waals surface area (Å²) >= 11 is 0. The highest BCUT2D eigenvalue weighted by molar-refractivity contribution is 5.80. The molecule has 0 fully saturated rings. The fourth-order valence-corrected chi connectivity index (χ4v) is 1.45. The van der Waals surface area contributed by atoms with Gasteiger partial charge in [0.25, 0.3) is 0 Å². The third-order valence-electron chi connectivity index (χ3n) is 2.44. The molecule has 1 aromatic heterocycles. The second kappa shape index (κ2) is 4.40. The van der Waals surface area contributed by atoms with Gasteiger partial charge in [-0.3, -0.25) is 0 Å². The van der Waals surface area contributed by atoms with E-state index >= 15 is 0 Å². The maximum absolute atomic E-state index is 8.90. The number of benzene rings is 1. The number of nitrogens with two attached hydrogens (primary N) is 1. The summed E-state index contributed by atoms with van der Waals surface area (Å²) < 4.78 is 0. The van der Waals surface area contributed by atoms with Crippen LogP contribution in [0.5, 0.6) is 0 Å². The van der Waals surface area contributed by atoms with Gasteiger partial charge in [-0.25, -0.2) is 4.98 Å². The minimum atomic E-state index is 0.167. The van der Waals surface area contributed by atoms with Gasteiger partial charge in [-0.05, 0) is 24.1 Å². The number of imidazole rings is 1. The summed E-state index contributed by atoms with van der Waals surface area (Å²) in [7, 11) is 0. The van der Waals surface area contributed by atoms with Gasteiger partial charge in [0.05, 0.1) is 11.0 Å². The van der Waals surface area contributed by atoms with Gasteiger partial charge in [0.1, 0.15) is 0 Å². The summed E-state index contributed by atoms with van der Waals surface area (Å²) in [5.41, 5.74) is 8.19. The van der Waals surface area contributed by atoms with E-state index in [1.165, 1.54) is 0 Å². The quantitative estimate of drug-likeness (QED) is 0.583. The summed E-state index contributed by atoms with van der Waals surface area (Å²) in [6.45, 7) is 2.82. The SMILES string of the molecule is CC(CO)CNc1nc2ccc(N)cc2[nH]1. The van der Waals surface area contributed by atoms with Gasteiger partial charge in [-0.2, -0.15) is 0 Å². The van der Waals surface area contributed by atoms with Gasteiger partial charge in [0.2, 0.25) is 5.95 Å². The van der Waals surface area contributed by atoms with Crippen LogP contribution in [0, 0.1) is 5.92 Å². The molecule has 1 heterocycles. The molecule has 2 aromatic rings. The highest BCUT2D eigenvalue weighted by atomic mass is 16.3. The molecule has 1 atom stereocenters. The van der Waals surface area contributed by atoms with Gasteiger partial charge in [-0.1, -0.05) is 6.92 Å². The first kappa shape index (κ1) is 10.8. The van der Waals surface area contributed by atoms with Crippen molar-refractivity contribution >= 4 is 22.7 Å². The van der Waals surface area contributed by atoms with E-state index in [0.717, 1.165) is 11.0 Å². The lowest BCUT2D eigenvalue weighted by Crippen LogP contribution is -2.15. The van der Waals surface area contributed by atoms with E-state index in [0.29, 0.717) is 18.2 Å². The molecule has 1 aromatic carbocycles. The number of aromatic amines is 1. The van der Waals surface area contributed by atoms with Crippen LogP contribution >= 0.6 is 0 Å². The number of hydrogen-bond acceptors (Lipinski definition) is 4. The number of rotatable bonds is 4. The molecule has 5 N–H and O–H groups in total. The summed E-state index contributed by atoms with van der Waals surface area (Å²) in [5.74, 6) is 0.916. The van der Waals surface area contributed by atoms with Crippen molar-refractivity contribution in [1.29, 1.82) is 0 Å². The molecule has 2 rings (SSSR count). The van der Waals surface area contributed by atoms with Crippen LogP contribution in [-0.2, 0) is 0 Å². The van der Waals surface area contributed by atoms with E-state index in [2.05, 4.69) is 15.3 Å². The first-order chi connectivity index (χ1) is 7.69. The zero-order chi connectivity index (χ0) is 11.5. The topological polar surface area (TPSA) is 87.0 Å². The molecule has 0 amide bonds. The number of nitrogens with one attached hydrogen (secondary N) is 2. The van der Waals surface area contributed by atoms with Gasteiger partial charge >= 0.3 is 0 Å². The lowest BCUT2D eigenvalue weighted by molar-refractivity contribution is 0.244. The van der Waals surface area contributed by atoms with Gasteiger partial charge in [0, 0.05) is 18.8 Å². The second-order valence-corrected chi connectivity index (χ2v) is 4.03. The number of nitrogens with zero attached hydrogens (tertiary/aromatic N) is 1. The highest BCUT2D eigenvalue weighted by Crippen LogP contribution is 2.17. The number of aliphatic hydroxyl groups is 1. The van der Waals surface area contributed by atoms with E-state index in [9.17, 15) is 0 Å². The first-order valence-corrected chi connectivity index (χ1v) is 5.29. The Balaban J connectivity index is 2.13. The molecule has 0 radical (unpaired) electrons. The van der Waals surface area contributed by atoms with Crippen molar-refractivity contribution in [3.05, 3.63) is 18.2 Å². The number of hydrogen-bond donors (Lipinski definition) is 4. The minimum Gasteiger partial charge on any atom is -0.399 e. The largest absolute Gasteiger partial charge is 0.399 e. The molecule has 0 aliphatic carbocycles. The number of aliphatic hydroxyl groups excluding tert-OH is 1. The number of fused-ring (bicyclic) bond motifs is 1. The molecule has 16 heavy (non-hydrogen) atoms. The van der Waals surface area contributed by atoms with Crippen molar-refractivity contribution in [3.8, 4) is 0 Å². The van der Waals surface area contributed by atoms with Gasteiger partial charge in [0.15, 0.2) is 0 Å². The first-order valence-electron chi connectivity index (χ1n) is 5.29. The average Bonchev–Trinajstić information content (AvgIpc) is 2.67. The Labute approximate surface area is 93.7 Å². The van der Waals surface area contributed by atoms with Crippen molar-refractivity contribution in [2.45, 2.75) is 6.92 Å². The van der Waals surface area contributed by atoms with Crippen LogP contribution in [0.15, 0.2) is 18.2 Å². The Morgan fingerprint density at radius 3 is 3.12 bits per heavy atom. The van der Waals surface area contributed by atoms with Crippen LogP contribution in [0.4, 0.5) is 11.6 Å². The number of anilines is 2. The smallest absolute Gasteiger partial charge is 0.201 e. The van der Waals surface area contributed by atoms with Crippen molar-refractivity contribution in [2.75, 3.05) is 24.2 Å². The molecule has 0 bridgehead atoms. The molecular formula is C11H16N4O. The van der Waals surface area contributed by atoms with Gasteiger partial charge in [-0.15, -0.1) is 0 Å². The Morgan fingerprint density at radius 2 is 2.38 bits per heavy atom. The maximum atomic E-state index is 8.90. The van der Waals surface area contributed by atoms with Crippen LogP contribution in [0.2, 0.25) is 0 Å². The average molecular weight is 220 g/mol. The molecule has 5 heteroatoms. The van der Waals surface area contributed by atoms with E-state index in [1.807, 2.05) is 25.1 Å². The van der Waals surface area contributed by atoms with Crippen molar-refractivity contribution in [2.24, 2.45) is 5.92 Å². The molecule has 0 saturated carbocycles. The summed E-state index contributed by atoms with van der Waals surface area (Å²) in [6.07, 6.45) is 0. The molecule has 0 aliphatic heterocycles. The Kier molecular flexibility index (Phi) is 2.96. The fraction of sp³-hybridized carbons (Fsp3) is 0.364. The molecule has 0 saturated heterocycles. The molecule has 1 unspecified atom stereocenters. The van der Waals surface area contributed by atoms with E-state index in [4.69, 9.17) is 10.8 Å². The molecule has 86 valence electrons. The van der Waals surface area contributed by atoms with E-state index < -0.39 is 0 Å². The summed E-state index contributed by atoms with van der Waals surface area (Å²) in [4.78, 5) is 7.49. The third kappa shape index (κ3) is 2.25. The lowest BCUT2D eigenvalue weighted by atomic mass is 10.2.